The number of alkyl halides is 3. The molecule has 1 aliphatic heterocycles. The third kappa shape index (κ3) is 6.22. The number of aryl methyl sites for hydroxylation is 2. The fourth-order valence-electron chi connectivity index (χ4n) is 3.25. The molecule has 3 rings (SSSR count). The molecule has 1 aromatic carbocycles. The normalized spacial score (nSPS) is 14.1. The molecule has 0 saturated heterocycles. The van der Waals surface area contributed by atoms with Crippen LogP contribution in [0.15, 0.2) is 34.1 Å². The van der Waals surface area contributed by atoms with E-state index >= 15 is 0 Å². The van der Waals surface area contributed by atoms with Gasteiger partial charge < -0.3 is 10.6 Å². The number of hydrogen-bond acceptors (Lipinski definition) is 3. The molecule has 2 heterocycles. The molecule has 11 heteroatoms. The fraction of sp³-hybridized carbons (Fsp3) is 0.526. The van der Waals surface area contributed by atoms with Gasteiger partial charge in [0.2, 0.25) is 0 Å². The first-order valence-electron chi connectivity index (χ1n) is 9.65. The average Bonchev–Trinajstić information content (AvgIpc) is 3.03. The van der Waals surface area contributed by atoms with E-state index in [1.54, 1.807) is 11.6 Å². The molecule has 166 valence electrons. The number of fused-ring (bicyclic) bond motifs is 1. The Labute approximate surface area is 189 Å². The number of rotatable bonds is 6. The van der Waals surface area contributed by atoms with Crippen LogP contribution < -0.4 is 16.3 Å². The Balaban J connectivity index is 0.00000320. The first-order chi connectivity index (χ1) is 13.9. The number of halogens is 4. The fourth-order valence-corrected chi connectivity index (χ4v) is 3.25. The molecule has 0 saturated carbocycles. The largest absolute Gasteiger partial charge is 0.416 e. The van der Waals surface area contributed by atoms with Crippen LogP contribution in [-0.2, 0) is 32.2 Å². The summed E-state index contributed by atoms with van der Waals surface area (Å²) in [5, 5.41) is 10.6. The number of aliphatic imine (C=N–C) groups is 1. The number of guanidine groups is 1. The maximum Gasteiger partial charge on any atom is 0.416 e. The van der Waals surface area contributed by atoms with Gasteiger partial charge in [-0.25, -0.2) is 9.48 Å². The van der Waals surface area contributed by atoms with Crippen LogP contribution in [0, 0.1) is 0 Å². The van der Waals surface area contributed by atoms with E-state index < -0.39 is 11.7 Å². The van der Waals surface area contributed by atoms with Crippen LogP contribution in [0.4, 0.5) is 13.2 Å². The van der Waals surface area contributed by atoms with Crippen molar-refractivity contribution in [2.75, 3.05) is 13.6 Å². The summed E-state index contributed by atoms with van der Waals surface area (Å²) < 4.78 is 41.1. The zero-order chi connectivity index (χ0) is 20.9. The van der Waals surface area contributed by atoms with E-state index in [4.69, 9.17) is 0 Å². The lowest BCUT2D eigenvalue weighted by Gasteiger charge is -2.12. The molecule has 0 bridgehead atoms. The van der Waals surface area contributed by atoms with Gasteiger partial charge in [0.1, 0.15) is 5.82 Å². The van der Waals surface area contributed by atoms with Crippen molar-refractivity contribution in [2.45, 2.75) is 51.5 Å². The molecule has 0 aliphatic carbocycles. The van der Waals surface area contributed by atoms with E-state index in [0.29, 0.717) is 32.0 Å². The third-order valence-corrected chi connectivity index (χ3v) is 4.84. The summed E-state index contributed by atoms with van der Waals surface area (Å²) in [7, 11) is 1.62. The highest BCUT2D eigenvalue weighted by Crippen LogP contribution is 2.29. The maximum atomic E-state index is 12.6. The molecule has 0 unspecified atom stereocenters. The second-order valence-electron chi connectivity index (χ2n) is 6.93. The molecule has 30 heavy (non-hydrogen) atoms. The SMILES string of the molecule is CN=C(NCCCn1nc2n(c1=O)CCCC2)NCc1ccc(C(F)(F)F)cc1.I. The van der Waals surface area contributed by atoms with Crippen LogP contribution in [0.1, 0.15) is 36.2 Å². The Morgan fingerprint density at radius 3 is 2.57 bits per heavy atom. The number of hydrogen-bond donors (Lipinski definition) is 2. The van der Waals surface area contributed by atoms with E-state index in [2.05, 4.69) is 20.7 Å². The van der Waals surface area contributed by atoms with Gasteiger partial charge in [-0.3, -0.25) is 9.56 Å². The summed E-state index contributed by atoms with van der Waals surface area (Å²) in [5.74, 6) is 1.41. The van der Waals surface area contributed by atoms with Gasteiger partial charge in [0, 0.05) is 39.6 Å². The topological polar surface area (TPSA) is 76.2 Å². The summed E-state index contributed by atoms with van der Waals surface area (Å²) in [4.78, 5) is 16.4. The highest BCUT2D eigenvalue weighted by atomic mass is 127. The Hall–Kier alpha value is -2.05. The van der Waals surface area contributed by atoms with E-state index in [-0.39, 0.29) is 29.7 Å². The molecule has 0 spiro atoms. The van der Waals surface area contributed by atoms with Crippen molar-refractivity contribution in [3.8, 4) is 0 Å². The van der Waals surface area contributed by atoms with Crippen molar-refractivity contribution >= 4 is 29.9 Å². The Morgan fingerprint density at radius 2 is 1.93 bits per heavy atom. The van der Waals surface area contributed by atoms with Gasteiger partial charge in [-0.05, 0) is 37.0 Å². The molecule has 2 aromatic rings. The van der Waals surface area contributed by atoms with Crippen molar-refractivity contribution in [1.29, 1.82) is 0 Å². The van der Waals surface area contributed by atoms with Gasteiger partial charge >= 0.3 is 11.9 Å². The first-order valence-corrected chi connectivity index (χ1v) is 9.65. The second kappa shape index (κ2) is 10.8. The van der Waals surface area contributed by atoms with Crippen LogP contribution in [-0.4, -0.2) is 33.9 Å². The predicted octanol–water partition coefficient (Wildman–Crippen LogP) is 2.77. The van der Waals surface area contributed by atoms with Crippen molar-refractivity contribution in [3.05, 3.63) is 51.7 Å². The molecular formula is C19H26F3IN6O. The quantitative estimate of drug-likeness (QED) is 0.257. The van der Waals surface area contributed by atoms with Crippen molar-refractivity contribution < 1.29 is 13.2 Å². The Kier molecular flexibility index (Phi) is 8.74. The van der Waals surface area contributed by atoms with E-state index in [0.717, 1.165) is 49.3 Å². The van der Waals surface area contributed by atoms with Gasteiger partial charge in [-0.15, -0.1) is 24.0 Å². The van der Waals surface area contributed by atoms with Gasteiger partial charge in [-0.2, -0.15) is 18.3 Å². The average molecular weight is 538 g/mol. The summed E-state index contributed by atoms with van der Waals surface area (Å²) >= 11 is 0. The predicted molar refractivity (Wildman–Crippen MR) is 119 cm³/mol. The number of nitrogens with zero attached hydrogens (tertiary/aromatic N) is 4. The summed E-state index contributed by atoms with van der Waals surface area (Å²) in [6.45, 7) is 2.20. The smallest absolute Gasteiger partial charge is 0.356 e. The van der Waals surface area contributed by atoms with Crippen molar-refractivity contribution in [3.63, 3.8) is 0 Å². The molecule has 0 radical (unpaired) electrons. The van der Waals surface area contributed by atoms with Crippen LogP contribution in [0.5, 0.6) is 0 Å². The molecule has 1 aliphatic rings. The minimum Gasteiger partial charge on any atom is -0.356 e. The van der Waals surface area contributed by atoms with Crippen LogP contribution >= 0.6 is 24.0 Å². The Bertz CT molecular complexity index is 904. The lowest BCUT2D eigenvalue weighted by atomic mass is 10.1. The Morgan fingerprint density at radius 1 is 1.20 bits per heavy atom. The minimum atomic E-state index is -4.33. The van der Waals surface area contributed by atoms with Crippen LogP contribution in [0.25, 0.3) is 0 Å². The number of benzene rings is 1. The maximum absolute atomic E-state index is 12.6. The van der Waals surface area contributed by atoms with Crippen LogP contribution in [0.3, 0.4) is 0 Å². The molecule has 7 nitrogen and oxygen atoms in total. The van der Waals surface area contributed by atoms with Gasteiger partial charge in [0.25, 0.3) is 0 Å². The molecule has 0 amide bonds. The summed E-state index contributed by atoms with van der Waals surface area (Å²) in [6, 6.07) is 5.01. The highest BCUT2D eigenvalue weighted by molar-refractivity contribution is 14.0. The van der Waals surface area contributed by atoms with Gasteiger partial charge in [0.05, 0.1) is 5.56 Å². The standard InChI is InChI=1S/C19H25F3N6O.HI/c1-23-17(25-13-14-6-8-15(9-7-14)19(20,21)22)24-10-4-12-28-18(29)27-11-3-2-5-16(27)26-28;/h6-9H,2-5,10-13H2,1H3,(H2,23,24,25);1H. The summed E-state index contributed by atoms with van der Waals surface area (Å²) in [5.41, 5.74) is 0.000526. The molecule has 0 fully saturated rings. The second-order valence-corrected chi connectivity index (χ2v) is 6.93. The number of nitrogens with one attached hydrogen (secondary N) is 2. The van der Waals surface area contributed by atoms with Crippen molar-refractivity contribution in [1.82, 2.24) is 25.0 Å². The van der Waals surface area contributed by atoms with Gasteiger partial charge in [-0.1, -0.05) is 12.1 Å². The monoisotopic (exact) mass is 538 g/mol. The molecule has 0 atom stereocenters. The minimum absolute atomic E-state index is 0. The first kappa shape index (κ1) is 24.2. The van der Waals surface area contributed by atoms with Crippen molar-refractivity contribution in [2.24, 2.45) is 4.99 Å². The van der Waals surface area contributed by atoms with E-state index in [1.807, 2.05) is 0 Å². The van der Waals surface area contributed by atoms with Gasteiger partial charge in [0.15, 0.2) is 5.96 Å². The zero-order valence-electron chi connectivity index (χ0n) is 16.7. The van der Waals surface area contributed by atoms with E-state index in [9.17, 15) is 18.0 Å². The summed E-state index contributed by atoms with van der Waals surface area (Å²) in [6.07, 6.45) is -0.710. The third-order valence-electron chi connectivity index (χ3n) is 4.84. The lowest BCUT2D eigenvalue weighted by molar-refractivity contribution is -0.137. The molecule has 2 N–H and O–H groups in total. The number of aromatic nitrogens is 3. The van der Waals surface area contributed by atoms with E-state index in [1.165, 1.54) is 16.8 Å². The highest BCUT2D eigenvalue weighted by Gasteiger charge is 2.29. The molecule has 1 aromatic heterocycles. The lowest BCUT2D eigenvalue weighted by Crippen LogP contribution is -2.38. The zero-order valence-corrected chi connectivity index (χ0v) is 19.0. The molecular weight excluding hydrogens is 512 g/mol. The van der Waals surface area contributed by atoms with Crippen LogP contribution in [0.2, 0.25) is 0 Å².